The molecule has 19 heavy (non-hydrogen) atoms. The van der Waals surface area contributed by atoms with Gasteiger partial charge in [0.1, 0.15) is 12.4 Å². The van der Waals surface area contributed by atoms with Gasteiger partial charge in [-0.05, 0) is 31.9 Å². The van der Waals surface area contributed by atoms with Gasteiger partial charge in [-0.2, -0.15) is 0 Å². The van der Waals surface area contributed by atoms with Crippen molar-refractivity contribution in [2.75, 3.05) is 26.7 Å². The number of carbonyl (C=O) groups is 1. The van der Waals surface area contributed by atoms with Gasteiger partial charge in [-0.15, -0.1) is 0 Å². The summed E-state index contributed by atoms with van der Waals surface area (Å²) in [6.07, 6.45) is 0.388. The van der Waals surface area contributed by atoms with Crippen molar-refractivity contribution in [3.05, 3.63) is 28.8 Å². The highest BCUT2D eigenvalue weighted by molar-refractivity contribution is 5.75. The Labute approximate surface area is 115 Å². The number of nitrogens with zero attached hydrogens (tertiary/aromatic N) is 1. The van der Waals surface area contributed by atoms with Gasteiger partial charge in [0.2, 0.25) is 5.91 Å². The molecule has 0 bridgehead atoms. The van der Waals surface area contributed by atoms with Crippen molar-refractivity contribution in [2.24, 2.45) is 5.73 Å². The van der Waals surface area contributed by atoms with E-state index in [-0.39, 0.29) is 5.91 Å². The van der Waals surface area contributed by atoms with Crippen molar-refractivity contribution in [1.29, 1.82) is 0 Å². The lowest BCUT2D eigenvalue weighted by atomic mass is 10.1. The maximum Gasteiger partial charge on any atom is 0.223 e. The summed E-state index contributed by atoms with van der Waals surface area (Å²) in [7, 11) is 1.77. The van der Waals surface area contributed by atoms with Gasteiger partial charge in [-0.1, -0.05) is 17.7 Å². The lowest BCUT2D eigenvalue weighted by molar-refractivity contribution is -0.130. The summed E-state index contributed by atoms with van der Waals surface area (Å²) in [5.74, 6) is 0.980. The molecule has 1 aromatic rings. The smallest absolute Gasteiger partial charge is 0.223 e. The van der Waals surface area contributed by atoms with Gasteiger partial charge < -0.3 is 15.4 Å². The van der Waals surface area contributed by atoms with Crippen molar-refractivity contribution in [3.8, 4) is 5.75 Å². The molecule has 106 valence electrons. The Kier molecular flexibility index (Phi) is 5.83. The van der Waals surface area contributed by atoms with Crippen molar-refractivity contribution >= 4 is 5.91 Å². The van der Waals surface area contributed by atoms with Crippen LogP contribution >= 0.6 is 0 Å². The van der Waals surface area contributed by atoms with Crippen LogP contribution in [0.5, 0.6) is 5.75 Å². The average Bonchev–Trinajstić information content (AvgIpc) is 2.32. The number of amides is 1. The van der Waals surface area contributed by atoms with Crippen LogP contribution < -0.4 is 10.5 Å². The van der Waals surface area contributed by atoms with E-state index >= 15 is 0 Å². The Morgan fingerprint density at radius 2 is 1.84 bits per heavy atom. The molecular weight excluding hydrogens is 240 g/mol. The van der Waals surface area contributed by atoms with Gasteiger partial charge >= 0.3 is 0 Å². The standard InChI is InChI=1S/C15H24N2O2/c1-11-9-12(2)15(13(3)10-11)19-8-7-17(4)14(18)5-6-16/h9-10H,5-8,16H2,1-4H3. The van der Waals surface area contributed by atoms with Crippen LogP contribution in [-0.2, 0) is 4.79 Å². The molecule has 0 atom stereocenters. The largest absolute Gasteiger partial charge is 0.491 e. The van der Waals surface area contributed by atoms with Crippen LogP contribution in [0.15, 0.2) is 12.1 Å². The number of aryl methyl sites for hydroxylation is 3. The molecule has 0 unspecified atom stereocenters. The van der Waals surface area contributed by atoms with Crippen LogP contribution in [0.3, 0.4) is 0 Å². The SMILES string of the molecule is Cc1cc(C)c(OCCN(C)C(=O)CCN)c(C)c1. The van der Waals surface area contributed by atoms with E-state index < -0.39 is 0 Å². The first kappa shape index (κ1) is 15.5. The minimum Gasteiger partial charge on any atom is -0.491 e. The summed E-state index contributed by atoms with van der Waals surface area (Å²) in [6, 6.07) is 4.21. The van der Waals surface area contributed by atoms with Crippen molar-refractivity contribution in [1.82, 2.24) is 4.90 Å². The average molecular weight is 264 g/mol. The quantitative estimate of drug-likeness (QED) is 0.852. The lowest BCUT2D eigenvalue weighted by Crippen LogP contribution is -2.32. The van der Waals surface area contributed by atoms with E-state index in [2.05, 4.69) is 19.1 Å². The Morgan fingerprint density at radius 3 is 2.37 bits per heavy atom. The zero-order chi connectivity index (χ0) is 14.4. The third-order valence-electron chi connectivity index (χ3n) is 3.06. The maximum atomic E-state index is 11.6. The number of carbonyl (C=O) groups excluding carboxylic acids is 1. The van der Waals surface area contributed by atoms with Gasteiger partial charge in [0.25, 0.3) is 0 Å². The minimum absolute atomic E-state index is 0.0588. The molecule has 4 nitrogen and oxygen atoms in total. The van der Waals surface area contributed by atoms with Gasteiger partial charge in [-0.25, -0.2) is 0 Å². The number of nitrogens with two attached hydrogens (primary N) is 1. The molecule has 0 aromatic heterocycles. The summed E-state index contributed by atoms with van der Waals surface area (Å²) in [5.41, 5.74) is 8.86. The van der Waals surface area contributed by atoms with Gasteiger partial charge in [0.05, 0.1) is 6.54 Å². The van der Waals surface area contributed by atoms with E-state index in [1.54, 1.807) is 11.9 Å². The van der Waals surface area contributed by atoms with E-state index in [0.717, 1.165) is 16.9 Å². The first-order valence-corrected chi connectivity index (χ1v) is 6.60. The predicted octanol–water partition coefficient (Wildman–Crippen LogP) is 1.80. The summed E-state index contributed by atoms with van der Waals surface area (Å²) in [6.45, 7) is 7.61. The maximum absolute atomic E-state index is 11.6. The fraction of sp³-hybridized carbons (Fsp3) is 0.533. The third-order valence-corrected chi connectivity index (χ3v) is 3.06. The van der Waals surface area contributed by atoms with E-state index in [4.69, 9.17) is 10.5 Å². The number of hydrogen-bond donors (Lipinski definition) is 1. The van der Waals surface area contributed by atoms with Crippen LogP contribution in [0.1, 0.15) is 23.1 Å². The normalized spacial score (nSPS) is 10.4. The predicted molar refractivity (Wildman–Crippen MR) is 77.5 cm³/mol. The highest BCUT2D eigenvalue weighted by Crippen LogP contribution is 2.24. The fourth-order valence-electron chi connectivity index (χ4n) is 2.12. The topological polar surface area (TPSA) is 55.6 Å². The molecule has 0 spiro atoms. The molecule has 0 aliphatic heterocycles. The van der Waals surface area contributed by atoms with Crippen LogP contribution in [0.2, 0.25) is 0 Å². The number of hydrogen-bond acceptors (Lipinski definition) is 3. The number of benzene rings is 1. The summed E-state index contributed by atoms with van der Waals surface area (Å²) in [5, 5.41) is 0. The number of ether oxygens (including phenoxy) is 1. The van der Waals surface area contributed by atoms with Crippen molar-refractivity contribution in [2.45, 2.75) is 27.2 Å². The monoisotopic (exact) mass is 264 g/mol. The molecule has 0 aliphatic rings. The highest BCUT2D eigenvalue weighted by Gasteiger charge is 2.09. The van der Waals surface area contributed by atoms with Crippen LogP contribution in [0, 0.1) is 20.8 Å². The molecular formula is C15H24N2O2. The van der Waals surface area contributed by atoms with Gasteiger partial charge in [0.15, 0.2) is 0 Å². The first-order valence-electron chi connectivity index (χ1n) is 6.60. The Morgan fingerprint density at radius 1 is 1.26 bits per heavy atom. The molecule has 0 saturated heterocycles. The lowest BCUT2D eigenvalue weighted by Gasteiger charge is -2.18. The molecule has 4 heteroatoms. The third kappa shape index (κ3) is 4.56. The molecule has 1 rings (SSSR count). The summed E-state index contributed by atoms with van der Waals surface area (Å²) in [4.78, 5) is 13.2. The molecule has 2 N–H and O–H groups in total. The zero-order valence-electron chi connectivity index (χ0n) is 12.3. The van der Waals surface area contributed by atoms with Crippen LogP contribution in [0.4, 0.5) is 0 Å². The van der Waals surface area contributed by atoms with E-state index in [1.807, 2.05) is 13.8 Å². The van der Waals surface area contributed by atoms with E-state index in [9.17, 15) is 4.79 Å². The second-order valence-electron chi connectivity index (χ2n) is 4.93. The first-order chi connectivity index (χ1) is 8.95. The Balaban J connectivity index is 2.52. The summed E-state index contributed by atoms with van der Waals surface area (Å²) >= 11 is 0. The second-order valence-corrected chi connectivity index (χ2v) is 4.93. The zero-order valence-corrected chi connectivity index (χ0v) is 12.3. The van der Waals surface area contributed by atoms with E-state index in [0.29, 0.717) is 26.1 Å². The van der Waals surface area contributed by atoms with E-state index in [1.165, 1.54) is 5.56 Å². The van der Waals surface area contributed by atoms with Gasteiger partial charge in [0, 0.05) is 20.0 Å². The van der Waals surface area contributed by atoms with Gasteiger partial charge in [-0.3, -0.25) is 4.79 Å². The fourth-order valence-corrected chi connectivity index (χ4v) is 2.12. The minimum atomic E-state index is 0.0588. The summed E-state index contributed by atoms with van der Waals surface area (Å²) < 4.78 is 5.80. The molecule has 0 fully saturated rings. The number of likely N-dealkylation sites (N-methyl/N-ethyl adjacent to an activating group) is 1. The second kappa shape index (κ2) is 7.14. The molecule has 1 amide bonds. The van der Waals surface area contributed by atoms with Crippen LogP contribution in [0.25, 0.3) is 0 Å². The van der Waals surface area contributed by atoms with Crippen molar-refractivity contribution < 1.29 is 9.53 Å². The molecule has 0 saturated carbocycles. The molecule has 0 aliphatic carbocycles. The molecule has 0 radical (unpaired) electrons. The van der Waals surface area contributed by atoms with Crippen molar-refractivity contribution in [3.63, 3.8) is 0 Å². The molecule has 1 aromatic carbocycles. The van der Waals surface area contributed by atoms with Crippen LogP contribution in [-0.4, -0.2) is 37.6 Å². The Hall–Kier alpha value is -1.55. The highest BCUT2D eigenvalue weighted by atomic mass is 16.5. The molecule has 0 heterocycles. The number of rotatable bonds is 6. The Bertz CT molecular complexity index is 421.